The van der Waals surface area contributed by atoms with Gasteiger partial charge in [-0.3, -0.25) is 4.79 Å². The van der Waals surface area contributed by atoms with E-state index in [4.69, 9.17) is 4.74 Å². The summed E-state index contributed by atoms with van der Waals surface area (Å²) in [6.07, 6.45) is 2.04. The van der Waals surface area contributed by atoms with Crippen molar-refractivity contribution in [1.29, 1.82) is 0 Å². The molecular formula is C15H21NO2. The lowest BCUT2D eigenvalue weighted by atomic mass is 9.93. The molecule has 18 heavy (non-hydrogen) atoms. The number of ketones is 1. The third-order valence-corrected chi connectivity index (χ3v) is 3.65. The second kappa shape index (κ2) is 5.11. The van der Waals surface area contributed by atoms with Crippen LogP contribution in [0, 0.1) is 0 Å². The largest absolute Gasteiger partial charge is 0.487 e. The van der Waals surface area contributed by atoms with E-state index in [1.165, 1.54) is 0 Å². The highest BCUT2D eigenvalue weighted by Gasteiger charge is 2.30. The van der Waals surface area contributed by atoms with Crippen molar-refractivity contribution in [1.82, 2.24) is 4.90 Å². The first-order valence-corrected chi connectivity index (χ1v) is 6.47. The number of benzene rings is 1. The van der Waals surface area contributed by atoms with E-state index in [-0.39, 0.29) is 11.4 Å². The number of likely N-dealkylation sites (tertiary alicyclic amines) is 1. The summed E-state index contributed by atoms with van der Waals surface area (Å²) in [5, 5.41) is 0. The second-order valence-electron chi connectivity index (χ2n) is 5.44. The fraction of sp³-hybridized carbons (Fsp3) is 0.533. The molecule has 0 amide bonds. The number of carbonyl (C=O) groups is 1. The van der Waals surface area contributed by atoms with Gasteiger partial charge in [-0.25, -0.2) is 0 Å². The van der Waals surface area contributed by atoms with E-state index in [1.54, 1.807) is 6.92 Å². The Labute approximate surface area is 109 Å². The number of Topliss-reactive ketones (excluding diaryl/α,β-unsaturated/α-hetero) is 1. The van der Waals surface area contributed by atoms with Gasteiger partial charge in [-0.2, -0.15) is 0 Å². The Morgan fingerprint density at radius 3 is 2.61 bits per heavy atom. The van der Waals surface area contributed by atoms with E-state index in [9.17, 15) is 4.79 Å². The van der Waals surface area contributed by atoms with Crippen LogP contribution in [0.5, 0.6) is 5.75 Å². The quantitative estimate of drug-likeness (QED) is 0.769. The highest BCUT2D eigenvalue weighted by Crippen LogP contribution is 2.28. The van der Waals surface area contributed by atoms with Crippen molar-refractivity contribution in [2.45, 2.75) is 32.3 Å². The van der Waals surface area contributed by atoms with Gasteiger partial charge in [0.25, 0.3) is 0 Å². The van der Waals surface area contributed by atoms with E-state index >= 15 is 0 Å². The van der Waals surface area contributed by atoms with E-state index in [0.29, 0.717) is 5.56 Å². The summed E-state index contributed by atoms with van der Waals surface area (Å²) < 4.78 is 6.10. The van der Waals surface area contributed by atoms with Crippen LogP contribution < -0.4 is 4.74 Å². The third kappa shape index (κ3) is 3.10. The number of carbonyl (C=O) groups excluding carboxylic acids is 1. The molecule has 3 heteroatoms. The molecule has 0 radical (unpaired) electrons. The molecule has 1 heterocycles. The topological polar surface area (TPSA) is 29.5 Å². The van der Waals surface area contributed by atoms with Crippen LogP contribution in [0.3, 0.4) is 0 Å². The van der Waals surface area contributed by atoms with Crippen molar-refractivity contribution >= 4 is 5.78 Å². The molecular weight excluding hydrogens is 226 g/mol. The highest BCUT2D eigenvalue weighted by atomic mass is 16.5. The SMILES string of the molecule is CC(=O)c1cccc(OC2(C)CCN(C)CC2)c1. The molecule has 1 saturated heterocycles. The van der Waals surface area contributed by atoms with Gasteiger partial charge in [0.2, 0.25) is 0 Å². The Balaban J connectivity index is 2.09. The van der Waals surface area contributed by atoms with Crippen LogP contribution in [-0.2, 0) is 0 Å². The van der Waals surface area contributed by atoms with Crippen molar-refractivity contribution in [2.24, 2.45) is 0 Å². The smallest absolute Gasteiger partial charge is 0.159 e. The van der Waals surface area contributed by atoms with Crippen LogP contribution in [0.1, 0.15) is 37.0 Å². The van der Waals surface area contributed by atoms with Gasteiger partial charge < -0.3 is 9.64 Å². The fourth-order valence-corrected chi connectivity index (χ4v) is 2.26. The summed E-state index contributed by atoms with van der Waals surface area (Å²) in [5.74, 6) is 0.878. The monoisotopic (exact) mass is 247 g/mol. The number of rotatable bonds is 3. The molecule has 1 aliphatic rings. The molecule has 0 saturated carbocycles. The number of ether oxygens (including phenoxy) is 1. The summed E-state index contributed by atoms with van der Waals surface area (Å²) in [4.78, 5) is 13.7. The lowest BCUT2D eigenvalue weighted by Gasteiger charge is -2.38. The normalized spacial score (nSPS) is 19.5. The molecule has 0 spiro atoms. The lowest BCUT2D eigenvalue weighted by molar-refractivity contribution is 0.0240. The van der Waals surface area contributed by atoms with Crippen LogP contribution in [0.25, 0.3) is 0 Å². The average molecular weight is 247 g/mol. The van der Waals surface area contributed by atoms with Crippen LogP contribution in [0.15, 0.2) is 24.3 Å². The van der Waals surface area contributed by atoms with Gasteiger partial charge in [0, 0.05) is 18.7 Å². The second-order valence-corrected chi connectivity index (χ2v) is 5.44. The van der Waals surface area contributed by atoms with E-state index < -0.39 is 0 Å². The van der Waals surface area contributed by atoms with Crippen molar-refractivity contribution < 1.29 is 9.53 Å². The number of piperidine rings is 1. The van der Waals surface area contributed by atoms with Crippen molar-refractivity contribution in [3.05, 3.63) is 29.8 Å². The molecule has 0 aliphatic carbocycles. The van der Waals surface area contributed by atoms with Crippen LogP contribution in [0.4, 0.5) is 0 Å². The molecule has 1 fully saturated rings. The summed E-state index contributed by atoms with van der Waals surface area (Å²) >= 11 is 0. The summed E-state index contributed by atoms with van der Waals surface area (Å²) in [6.45, 7) is 5.85. The molecule has 98 valence electrons. The van der Waals surface area contributed by atoms with Crippen LogP contribution in [0.2, 0.25) is 0 Å². The Kier molecular flexibility index (Phi) is 3.71. The first-order chi connectivity index (χ1) is 8.48. The van der Waals surface area contributed by atoms with Gasteiger partial charge in [0.1, 0.15) is 11.4 Å². The van der Waals surface area contributed by atoms with Crippen molar-refractivity contribution in [3.63, 3.8) is 0 Å². The highest BCUT2D eigenvalue weighted by molar-refractivity contribution is 5.94. The zero-order valence-corrected chi connectivity index (χ0v) is 11.4. The Morgan fingerprint density at radius 2 is 2.00 bits per heavy atom. The maximum Gasteiger partial charge on any atom is 0.159 e. The van der Waals surface area contributed by atoms with Gasteiger partial charge >= 0.3 is 0 Å². The molecule has 2 rings (SSSR count). The average Bonchev–Trinajstić information content (AvgIpc) is 2.33. The Bertz CT molecular complexity index is 434. The maximum atomic E-state index is 11.4. The van der Waals surface area contributed by atoms with Gasteiger partial charge in [0.05, 0.1) is 0 Å². The number of nitrogens with zero attached hydrogens (tertiary/aromatic N) is 1. The first-order valence-electron chi connectivity index (χ1n) is 6.47. The zero-order valence-electron chi connectivity index (χ0n) is 11.4. The maximum absolute atomic E-state index is 11.4. The fourth-order valence-electron chi connectivity index (χ4n) is 2.26. The number of hydrogen-bond acceptors (Lipinski definition) is 3. The van der Waals surface area contributed by atoms with E-state index in [1.807, 2.05) is 24.3 Å². The predicted octanol–water partition coefficient (Wildman–Crippen LogP) is 2.75. The standard InChI is InChI=1S/C15H21NO2/c1-12(17)13-5-4-6-14(11-13)18-15(2)7-9-16(3)10-8-15/h4-6,11H,7-10H2,1-3H3. The number of hydrogen-bond donors (Lipinski definition) is 0. The zero-order chi connectivity index (χ0) is 13.2. The van der Waals surface area contributed by atoms with Crippen LogP contribution >= 0.6 is 0 Å². The lowest BCUT2D eigenvalue weighted by Crippen LogP contribution is -2.44. The van der Waals surface area contributed by atoms with Gasteiger partial charge in [-0.05, 0) is 45.9 Å². The summed E-state index contributed by atoms with van der Waals surface area (Å²) in [7, 11) is 2.13. The first kappa shape index (κ1) is 13.1. The summed E-state index contributed by atoms with van der Waals surface area (Å²) in [5.41, 5.74) is 0.603. The molecule has 0 N–H and O–H groups in total. The molecule has 1 aromatic rings. The van der Waals surface area contributed by atoms with Gasteiger partial charge in [-0.15, -0.1) is 0 Å². The molecule has 1 aromatic carbocycles. The third-order valence-electron chi connectivity index (χ3n) is 3.65. The molecule has 0 unspecified atom stereocenters. The Hall–Kier alpha value is -1.35. The van der Waals surface area contributed by atoms with E-state index in [0.717, 1.165) is 31.7 Å². The molecule has 3 nitrogen and oxygen atoms in total. The predicted molar refractivity (Wildman–Crippen MR) is 72.2 cm³/mol. The van der Waals surface area contributed by atoms with Crippen LogP contribution in [-0.4, -0.2) is 36.4 Å². The minimum Gasteiger partial charge on any atom is -0.487 e. The van der Waals surface area contributed by atoms with Gasteiger partial charge in [0.15, 0.2) is 5.78 Å². The molecule has 0 aromatic heterocycles. The molecule has 1 aliphatic heterocycles. The van der Waals surface area contributed by atoms with Crippen molar-refractivity contribution in [3.8, 4) is 5.75 Å². The van der Waals surface area contributed by atoms with E-state index in [2.05, 4.69) is 18.9 Å². The summed E-state index contributed by atoms with van der Waals surface area (Å²) in [6, 6.07) is 7.47. The van der Waals surface area contributed by atoms with Gasteiger partial charge in [-0.1, -0.05) is 12.1 Å². The molecule has 0 atom stereocenters. The van der Waals surface area contributed by atoms with Crippen molar-refractivity contribution in [2.75, 3.05) is 20.1 Å². The minimum absolute atomic E-state index is 0.0778. The molecule has 0 bridgehead atoms. The minimum atomic E-state index is -0.109. The Morgan fingerprint density at radius 1 is 1.33 bits per heavy atom.